The molecule has 1 amide bonds. The second-order valence-electron chi connectivity index (χ2n) is 7.39. The number of rotatable bonds is 8. The highest BCUT2D eigenvalue weighted by molar-refractivity contribution is 6.06. The van der Waals surface area contributed by atoms with Crippen molar-refractivity contribution in [3.8, 4) is 11.5 Å². The van der Waals surface area contributed by atoms with Gasteiger partial charge in [0.1, 0.15) is 17.2 Å². The topological polar surface area (TPSA) is 97.4 Å². The van der Waals surface area contributed by atoms with E-state index in [0.717, 1.165) is 11.4 Å². The van der Waals surface area contributed by atoms with Gasteiger partial charge in [-0.3, -0.25) is 4.79 Å². The molecule has 35 heavy (non-hydrogen) atoms. The van der Waals surface area contributed by atoms with E-state index < -0.39 is 0 Å². The smallest absolute Gasteiger partial charge is 0.256 e. The minimum absolute atomic E-state index is 0. The molecule has 4 aromatic rings. The van der Waals surface area contributed by atoms with Crippen LogP contribution in [0.2, 0.25) is 0 Å². The van der Waals surface area contributed by atoms with Crippen molar-refractivity contribution in [2.75, 3.05) is 30.2 Å². The summed E-state index contributed by atoms with van der Waals surface area (Å²) in [5.41, 5.74) is 3.12. The molecule has 0 aliphatic heterocycles. The van der Waals surface area contributed by atoms with Gasteiger partial charge in [0.25, 0.3) is 5.91 Å². The molecule has 0 aliphatic carbocycles. The normalized spacial score (nSPS) is 10.0. The Labute approximate surface area is 210 Å². The number of aromatic nitrogens is 2. The summed E-state index contributed by atoms with van der Waals surface area (Å²) in [7, 11) is 3.07. The van der Waals surface area contributed by atoms with Gasteiger partial charge >= 0.3 is 0 Å². The molecule has 8 nitrogen and oxygen atoms in total. The number of benzene rings is 3. The van der Waals surface area contributed by atoms with Gasteiger partial charge in [-0.15, -0.1) is 12.4 Å². The Morgan fingerprint density at radius 3 is 1.86 bits per heavy atom. The maximum absolute atomic E-state index is 13.2. The lowest BCUT2D eigenvalue weighted by Crippen LogP contribution is -2.16. The van der Waals surface area contributed by atoms with Crippen LogP contribution in [0.25, 0.3) is 0 Å². The molecule has 3 N–H and O–H groups in total. The second-order valence-corrected chi connectivity index (χ2v) is 7.39. The van der Waals surface area contributed by atoms with Gasteiger partial charge in [-0.1, -0.05) is 36.4 Å². The first-order chi connectivity index (χ1) is 16.6. The summed E-state index contributed by atoms with van der Waals surface area (Å²) < 4.78 is 10.6. The van der Waals surface area contributed by atoms with Crippen LogP contribution in [0.4, 0.5) is 28.8 Å². The number of aryl methyl sites for hydroxylation is 1. The molecular formula is C26H26ClN5O3. The van der Waals surface area contributed by atoms with Gasteiger partial charge in [0, 0.05) is 23.0 Å². The number of amides is 1. The van der Waals surface area contributed by atoms with E-state index >= 15 is 0 Å². The van der Waals surface area contributed by atoms with Gasteiger partial charge < -0.3 is 25.4 Å². The minimum atomic E-state index is -0.344. The van der Waals surface area contributed by atoms with Crippen LogP contribution in [0.1, 0.15) is 16.1 Å². The zero-order valence-electron chi connectivity index (χ0n) is 19.5. The predicted molar refractivity (Wildman–Crippen MR) is 141 cm³/mol. The summed E-state index contributed by atoms with van der Waals surface area (Å²) in [6.07, 6.45) is 0. The monoisotopic (exact) mass is 491 g/mol. The Hall–Kier alpha value is -4.30. The van der Waals surface area contributed by atoms with Gasteiger partial charge in [0.15, 0.2) is 5.82 Å². The number of hydrogen-bond acceptors (Lipinski definition) is 7. The van der Waals surface area contributed by atoms with Crippen LogP contribution in [0.3, 0.4) is 0 Å². The molecule has 0 bridgehead atoms. The Morgan fingerprint density at radius 1 is 0.771 bits per heavy atom. The van der Waals surface area contributed by atoms with E-state index in [2.05, 4.69) is 25.9 Å². The third kappa shape index (κ3) is 6.39. The van der Waals surface area contributed by atoms with Crippen molar-refractivity contribution in [2.45, 2.75) is 6.92 Å². The highest BCUT2D eigenvalue weighted by atomic mass is 35.5. The van der Waals surface area contributed by atoms with Crippen LogP contribution in [0, 0.1) is 6.92 Å². The Bertz CT molecular complexity index is 1260. The van der Waals surface area contributed by atoms with Crippen LogP contribution < -0.4 is 25.4 Å². The molecule has 0 fully saturated rings. The van der Waals surface area contributed by atoms with Gasteiger partial charge in [0.05, 0.1) is 19.9 Å². The predicted octanol–water partition coefficient (Wildman–Crippen LogP) is 5.96. The van der Waals surface area contributed by atoms with Gasteiger partial charge in [-0.25, -0.2) is 4.98 Å². The first-order valence-electron chi connectivity index (χ1n) is 10.6. The zero-order chi connectivity index (χ0) is 23.9. The van der Waals surface area contributed by atoms with Crippen molar-refractivity contribution in [1.29, 1.82) is 0 Å². The van der Waals surface area contributed by atoms with Crippen molar-refractivity contribution >= 4 is 47.1 Å². The maximum Gasteiger partial charge on any atom is 0.256 e. The molecule has 3 aromatic carbocycles. The largest absolute Gasteiger partial charge is 0.497 e. The van der Waals surface area contributed by atoms with Crippen LogP contribution in [-0.2, 0) is 0 Å². The Kier molecular flexibility index (Phi) is 8.48. The lowest BCUT2D eigenvalue weighted by molar-refractivity contribution is 0.102. The van der Waals surface area contributed by atoms with Crippen LogP contribution in [0.5, 0.6) is 11.5 Å². The lowest BCUT2D eigenvalue weighted by atomic mass is 10.1. The van der Waals surface area contributed by atoms with E-state index in [1.54, 1.807) is 18.2 Å². The third-order valence-corrected chi connectivity index (χ3v) is 5.01. The van der Waals surface area contributed by atoms with Crippen molar-refractivity contribution < 1.29 is 14.3 Å². The lowest BCUT2D eigenvalue weighted by Gasteiger charge is -2.17. The Balaban J connectivity index is 0.00000342. The zero-order valence-corrected chi connectivity index (χ0v) is 20.3. The molecule has 0 unspecified atom stereocenters. The van der Waals surface area contributed by atoms with Crippen molar-refractivity contribution in [2.24, 2.45) is 0 Å². The number of anilines is 5. The number of hydrogen-bond donors (Lipinski definition) is 3. The minimum Gasteiger partial charge on any atom is -0.497 e. The number of nitrogens with zero attached hydrogens (tertiary/aromatic N) is 2. The average Bonchev–Trinajstić information content (AvgIpc) is 2.87. The van der Waals surface area contributed by atoms with E-state index in [9.17, 15) is 4.79 Å². The molecule has 4 rings (SSSR count). The average molecular weight is 492 g/mol. The molecular weight excluding hydrogens is 466 g/mol. The molecule has 1 aromatic heterocycles. The number of halogens is 1. The van der Waals surface area contributed by atoms with Crippen molar-refractivity contribution in [3.05, 3.63) is 90.1 Å². The molecule has 0 saturated heterocycles. The summed E-state index contributed by atoms with van der Waals surface area (Å²) in [4.78, 5) is 22.4. The maximum atomic E-state index is 13.2. The summed E-state index contributed by atoms with van der Waals surface area (Å²) in [5.74, 6) is 1.55. The van der Waals surface area contributed by atoms with E-state index in [0.29, 0.717) is 40.2 Å². The fraction of sp³-hybridized carbons (Fsp3) is 0.115. The summed E-state index contributed by atoms with van der Waals surface area (Å²) in [6.45, 7) is 1.82. The van der Waals surface area contributed by atoms with E-state index in [-0.39, 0.29) is 18.3 Å². The summed E-state index contributed by atoms with van der Waals surface area (Å²) in [5, 5.41) is 9.44. The van der Waals surface area contributed by atoms with E-state index in [1.165, 1.54) is 14.2 Å². The Morgan fingerprint density at radius 2 is 1.31 bits per heavy atom. The molecule has 0 spiro atoms. The van der Waals surface area contributed by atoms with E-state index in [1.807, 2.05) is 67.6 Å². The van der Waals surface area contributed by atoms with Crippen molar-refractivity contribution in [1.82, 2.24) is 9.97 Å². The van der Waals surface area contributed by atoms with Crippen LogP contribution >= 0.6 is 12.4 Å². The molecule has 0 saturated carbocycles. The third-order valence-electron chi connectivity index (χ3n) is 5.01. The number of methoxy groups -OCH3 is 2. The highest BCUT2D eigenvalue weighted by Crippen LogP contribution is 2.30. The number of carbonyl (C=O) groups is 1. The number of nitrogens with one attached hydrogen (secondary N) is 3. The summed E-state index contributed by atoms with van der Waals surface area (Å²) >= 11 is 0. The van der Waals surface area contributed by atoms with Crippen LogP contribution in [-0.4, -0.2) is 30.1 Å². The number of ether oxygens (including phenoxy) is 2. The fourth-order valence-electron chi connectivity index (χ4n) is 3.30. The molecule has 9 heteroatoms. The highest BCUT2D eigenvalue weighted by Gasteiger charge is 2.17. The van der Waals surface area contributed by atoms with Crippen molar-refractivity contribution in [3.63, 3.8) is 0 Å². The summed E-state index contributed by atoms with van der Waals surface area (Å²) in [6, 6.07) is 24.2. The quantitative estimate of drug-likeness (QED) is 0.279. The molecule has 0 aliphatic rings. The molecule has 0 atom stereocenters. The second kappa shape index (κ2) is 11.7. The SMILES string of the molecule is COc1cc(OC)cc(C(=O)Nc2c(C)nc(Nc3ccccc3)nc2Nc2ccccc2)c1.Cl. The van der Waals surface area contributed by atoms with E-state index in [4.69, 9.17) is 9.47 Å². The van der Waals surface area contributed by atoms with Crippen LogP contribution in [0.15, 0.2) is 78.9 Å². The molecule has 180 valence electrons. The van der Waals surface area contributed by atoms with Gasteiger partial charge in [0.2, 0.25) is 5.95 Å². The fourth-order valence-corrected chi connectivity index (χ4v) is 3.30. The number of para-hydroxylation sites is 2. The number of carbonyl (C=O) groups excluding carboxylic acids is 1. The standard InChI is InChI=1S/C26H25N5O3.ClH/c1-17-23(30-25(32)18-14-21(33-2)16-22(15-18)34-3)24(28-19-10-6-4-7-11-19)31-26(27-17)29-20-12-8-5-9-13-20;/h4-16H,1-3H3,(H,30,32)(H2,27,28,29,31);1H. The first-order valence-corrected chi connectivity index (χ1v) is 10.6. The first kappa shape index (κ1) is 25.3. The molecule has 1 heterocycles. The van der Waals surface area contributed by atoms with Gasteiger partial charge in [-0.05, 0) is 43.3 Å². The molecule has 0 radical (unpaired) electrons. The van der Waals surface area contributed by atoms with Gasteiger partial charge in [-0.2, -0.15) is 4.98 Å².